The van der Waals surface area contributed by atoms with E-state index in [9.17, 15) is 19.5 Å². The molecule has 0 spiro atoms. The lowest BCUT2D eigenvalue weighted by Crippen LogP contribution is -2.38. The highest BCUT2D eigenvalue weighted by Crippen LogP contribution is 2.34. The van der Waals surface area contributed by atoms with Crippen molar-refractivity contribution in [1.82, 2.24) is 15.3 Å². The molecule has 0 radical (unpaired) electrons. The summed E-state index contributed by atoms with van der Waals surface area (Å²) in [6.45, 7) is 6.50. The van der Waals surface area contributed by atoms with E-state index < -0.39 is 17.7 Å². The number of hydrogen-bond donors (Lipinski definition) is 3. The number of nitrogens with one attached hydrogen (secondary N) is 2. The summed E-state index contributed by atoms with van der Waals surface area (Å²) < 4.78 is 17.8. The van der Waals surface area contributed by atoms with Gasteiger partial charge in [-0.1, -0.05) is 47.7 Å². The van der Waals surface area contributed by atoms with E-state index in [-0.39, 0.29) is 30.7 Å². The van der Waals surface area contributed by atoms with Crippen molar-refractivity contribution in [2.75, 3.05) is 30.0 Å². The second kappa shape index (κ2) is 14.8. The number of alkyl carbamates (subject to hydrolysis) is 1. The fourth-order valence-electron chi connectivity index (χ4n) is 5.41. The van der Waals surface area contributed by atoms with Crippen molar-refractivity contribution < 1.29 is 33.7 Å². The zero-order valence-electron chi connectivity index (χ0n) is 27.9. The van der Waals surface area contributed by atoms with Crippen molar-refractivity contribution >= 4 is 50.5 Å². The van der Waals surface area contributed by atoms with Crippen LogP contribution in [-0.2, 0) is 17.7 Å². The molecule has 50 heavy (non-hydrogen) atoms. The van der Waals surface area contributed by atoms with Gasteiger partial charge in [0.2, 0.25) is 0 Å². The van der Waals surface area contributed by atoms with Crippen LogP contribution in [0.1, 0.15) is 48.8 Å². The Morgan fingerprint density at radius 1 is 0.940 bits per heavy atom. The van der Waals surface area contributed by atoms with Crippen LogP contribution in [0, 0.1) is 0 Å². The van der Waals surface area contributed by atoms with Crippen LogP contribution in [0.2, 0.25) is 0 Å². The SMILES string of the molecule is CC(C)(C)OC(=O)NCc1ccc(OCCOc2ccc(-c3ccc4c(c3)N(C(=O)Nc3nc5ccccc5s3)CCC4)nc2C(=O)O)cc1. The molecule has 0 atom stereocenters. The fourth-order valence-corrected chi connectivity index (χ4v) is 6.26. The van der Waals surface area contributed by atoms with Crippen molar-refractivity contribution in [1.29, 1.82) is 0 Å². The summed E-state index contributed by atoms with van der Waals surface area (Å²) in [4.78, 5) is 48.1. The molecule has 0 unspecified atom stereocenters. The summed E-state index contributed by atoms with van der Waals surface area (Å²) in [5, 5.41) is 16.1. The van der Waals surface area contributed by atoms with Crippen LogP contribution in [0.3, 0.4) is 0 Å². The van der Waals surface area contributed by atoms with Gasteiger partial charge in [0.05, 0.1) is 15.9 Å². The molecule has 3 amide bonds. The first kappa shape index (κ1) is 34.2. The molecule has 3 N–H and O–H groups in total. The number of anilines is 2. The summed E-state index contributed by atoms with van der Waals surface area (Å²) in [6.07, 6.45) is 1.14. The molecule has 13 heteroatoms. The van der Waals surface area contributed by atoms with Crippen LogP contribution < -0.4 is 25.0 Å². The summed E-state index contributed by atoms with van der Waals surface area (Å²) in [5.74, 6) is -0.520. The minimum Gasteiger partial charge on any atom is -0.490 e. The number of fused-ring (bicyclic) bond motifs is 2. The maximum Gasteiger partial charge on any atom is 0.407 e. The highest BCUT2D eigenvalue weighted by Gasteiger charge is 2.25. The topological polar surface area (TPSA) is 152 Å². The maximum atomic E-state index is 13.4. The minimum absolute atomic E-state index is 0.0842. The van der Waals surface area contributed by atoms with E-state index in [1.807, 2.05) is 54.6 Å². The van der Waals surface area contributed by atoms with Gasteiger partial charge in [0.25, 0.3) is 0 Å². The molecule has 2 aromatic heterocycles. The molecular formula is C37H37N5O7S. The predicted octanol–water partition coefficient (Wildman–Crippen LogP) is 7.52. The summed E-state index contributed by atoms with van der Waals surface area (Å²) >= 11 is 1.42. The Labute approximate surface area is 293 Å². The number of nitrogens with zero attached hydrogens (tertiary/aromatic N) is 3. The number of ether oxygens (including phenoxy) is 3. The number of amides is 3. The van der Waals surface area contributed by atoms with E-state index in [1.165, 1.54) is 11.3 Å². The number of carbonyl (C=O) groups is 3. The molecule has 5 aromatic rings. The number of aryl methyl sites for hydroxylation is 1. The zero-order valence-corrected chi connectivity index (χ0v) is 28.7. The number of pyridine rings is 1. The summed E-state index contributed by atoms with van der Waals surface area (Å²) in [7, 11) is 0. The lowest BCUT2D eigenvalue weighted by molar-refractivity contribution is 0.0522. The van der Waals surface area contributed by atoms with Crippen LogP contribution in [0.5, 0.6) is 11.5 Å². The van der Waals surface area contributed by atoms with Gasteiger partial charge in [-0.3, -0.25) is 10.2 Å². The number of para-hydroxylation sites is 1. The first-order chi connectivity index (χ1) is 24.0. The minimum atomic E-state index is -1.23. The van der Waals surface area contributed by atoms with E-state index >= 15 is 0 Å². The second-order valence-electron chi connectivity index (χ2n) is 12.6. The molecule has 12 nitrogen and oxygen atoms in total. The van der Waals surface area contributed by atoms with Gasteiger partial charge in [0, 0.05) is 24.3 Å². The predicted molar refractivity (Wildman–Crippen MR) is 191 cm³/mol. The van der Waals surface area contributed by atoms with Crippen LogP contribution in [-0.4, -0.2) is 58.5 Å². The van der Waals surface area contributed by atoms with Gasteiger partial charge in [-0.15, -0.1) is 0 Å². The van der Waals surface area contributed by atoms with Gasteiger partial charge in [-0.25, -0.2) is 24.4 Å². The number of rotatable bonds is 10. The second-order valence-corrected chi connectivity index (χ2v) is 13.6. The molecule has 0 saturated heterocycles. The van der Waals surface area contributed by atoms with E-state index in [0.29, 0.717) is 35.2 Å². The Morgan fingerprint density at radius 3 is 2.48 bits per heavy atom. The zero-order chi connectivity index (χ0) is 35.3. The maximum absolute atomic E-state index is 13.4. The quantitative estimate of drug-likeness (QED) is 0.126. The van der Waals surface area contributed by atoms with E-state index in [4.69, 9.17) is 14.2 Å². The third-order valence-corrected chi connectivity index (χ3v) is 8.63. The summed E-state index contributed by atoms with van der Waals surface area (Å²) in [5.41, 5.74) is 3.77. The fraction of sp³-hybridized carbons (Fsp3) is 0.270. The van der Waals surface area contributed by atoms with E-state index in [0.717, 1.165) is 39.9 Å². The monoisotopic (exact) mass is 695 g/mol. The van der Waals surface area contributed by atoms with Crippen LogP contribution in [0.25, 0.3) is 21.5 Å². The average molecular weight is 696 g/mol. The van der Waals surface area contributed by atoms with Gasteiger partial charge >= 0.3 is 18.1 Å². The van der Waals surface area contributed by atoms with Gasteiger partial charge in [0.15, 0.2) is 16.6 Å². The number of aromatic nitrogens is 2. The van der Waals surface area contributed by atoms with Crippen LogP contribution in [0.15, 0.2) is 78.9 Å². The van der Waals surface area contributed by atoms with Gasteiger partial charge in [-0.05, 0) is 87.2 Å². The number of carboxylic acids is 1. The van der Waals surface area contributed by atoms with Crippen molar-refractivity contribution in [3.8, 4) is 22.8 Å². The number of aromatic carboxylic acids is 1. The number of thiazole rings is 1. The average Bonchev–Trinajstić information content (AvgIpc) is 3.50. The molecule has 0 saturated carbocycles. The Morgan fingerprint density at radius 2 is 1.72 bits per heavy atom. The largest absolute Gasteiger partial charge is 0.490 e. The molecule has 1 aliphatic heterocycles. The number of carbonyl (C=O) groups excluding carboxylic acids is 2. The lowest BCUT2D eigenvalue weighted by atomic mass is 9.98. The van der Waals surface area contributed by atoms with Crippen LogP contribution >= 0.6 is 11.3 Å². The molecule has 3 heterocycles. The lowest BCUT2D eigenvalue weighted by Gasteiger charge is -2.29. The van der Waals surface area contributed by atoms with Crippen molar-refractivity contribution in [3.63, 3.8) is 0 Å². The van der Waals surface area contributed by atoms with Gasteiger partial charge < -0.3 is 24.6 Å². The van der Waals surface area contributed by atoms with Crippen molar-refractivity contribution in [3.05, 3.63) is 95.7 Å². The molecule has 0 fully saturated rings. The first-order valence-corrected chi connectivity index (χ1v) is 17.0. The van der Waals surface area contributed by atoms with Crippen molar-refractivity contribution in [2.24, 2.45) is 0 Å². The van der Waals surface area contributed by atoms with Gasteiger partial charge in [-0.2, -0.15) is 0 Å². The molecule has 258 valence electrons. The number of benzene rings is 3. The molecule has 0 aliphatic carbocycles. The third-order valence-electron chi connectivity index (χ3n) is 7.68. The van der Waals surface area contributed by atoms with Gasteiger partial charge in [0.1, 0.15) is 24.6 Å². The molecular weight excluding hydrogens is 659 g/mol. The Kier molecular flexibility index (Phi) is 10.1. The Balaban J connectivity index is 1.07. The Hall–Kier alpha value is -5.69. The standard InChI is InChI=1S/C37H37N5O7S/c1-37(2,3)49-36(46)38-22-23-10-14-26(15-11-23)47-19-20-48-30-17-16-27(39-32(30)33(43)44)25-13-12-24-7-6-18-42(29(24)21-25)35(45)41-34-40-28-8-4-5-9-31(28)50-34/h4-5,8-17,21H,6-7,18-20,22H2,1-3H3,(H,38,46)(H,43,44)(H,40,41,45). The smallest absolute Gasteiger partial charge is 0.407 e. The van der Waals surface area contributed by atoms with Crippen LogP contribution in [0.4, 0.5) is 20.4 Å². The third kappa shape index (κ3) is 8.47. The molecule has 6 rings (SSSR count). The highest BCUT2D eigenvalue weighted by atomic mass is 32.1. The van der Waals surface area contributed by atoms with E-state index in [2.05, 4.69) is 20.6 Å². The summed E-state index contributed by atoms with van der Waals surface area (Å²) in [6, 6.07) is 23.6. The first-order valence-electron chi connectivity index (χ1n) is 16.2. The molecule has 1 aliphatic rings. The number of carboxylic acid groups (broad SMARTS) is 1. The number of hydrogen-bond acceptors (Lipinski definition) is 9. The normalized spacial score (nSPS) is 12.6. The Bertz CT molecular complexity index is 1990. The highest BCUT2D eigenvalue weighted by molar-refractivity contribution is 7.22. The molecule has 3 aromatic carbocycles. The molecule has 0 bridgehead atoms. The van der Waals surface area contributed by atoms with E-state index in [1.54, 1.807) is 49.9 Å². The number of urea groups is 1. The van der Waals surface area contributed by atoms with Crippen molar-refractivity contribution in [2.45, 2.75) is 45.8 Å².